The van der Waals surface area contributed by atoms with E-state index in [0.29, 0.717) is 25.3 Å². The largest absolute Gasteiger partial charge is 0.336 e. The molecule has 2 aliphatic rings. The van der Waals surface area contributed by atoms with Gasteiger partial charge >= 0.3 is 6.03 Å². The number of anilines is 1. The summed E-state index contributed by atoms with van der Waals surface area (Å²) in [5.41, 5.74) is 0.275. The number of hydrogen-bond acceptors (Lipinski definition) is 3. The van der Waals surface area contributed by atoms with E-state index in [1.165, 1.54) is 12.1 Å². The number of carbonyl (C=O) groups is 2. The predicted molar refractivity (Wildman–Crippen MR) is 94.0 cm³/mol. The molecule has 6 nitrogen and oxygen atoms in total. The first-order valence-electron chi connectivity index (χ1n) is 8.63. The van der Waals surface area contributed by atoms with Gasteiger partial charge in [-0.3, -0.25) is 9.69 Å². The van der Waals surface area contributed by atoms with E-state index in [9.17, 15) is 14.0 Å². The first-order chi connectivity index (χ1) is 11.8. The van der Waals surface area contributed by atoms with Gasteiger partial charge in [-0.2, -0.15) is 0 Å². The molecule has 1 atom stereocenters. The summed E-state index contributed by atoms with van der Waals surface area (Å²) >= 11 is 0. The van der Waals surface area contributed by atoms with Crippen molar-refractivity contribution in [3.63, 3.8) is 0 Å². The summed E-state index contributed by atoms with van der Waals surface area (Å²) in [6.45, 7) is 5.78. The lowest BCUT2D eigenvalue weighted by atomic mass is 9.92. The van der Waals surface area contributed by atoms with Crippen LogP contribution in [0, 0.1) is 5.82 Å². The van der Waals surface area contributed by atoms with Crippen molar-refractivity contribution in [2.24, 2.45) is 0 Å². The molecular formula is C18H25FN4O2. The molecule has 0 bridgehead atoms. The number of likely N-dealkylation sites (N-methyl/N-ethyl adjacent to an activating group) is 1. The highest BCUT2D eigenvalue weighted by Gasteiger charge is 2.48. The Morgan fingerprint density at radius 3 is 2.76 bits per heavy atom. The molecule has 3 amide bonds. The maximum Gasteiger partial charge on any atom is 0.317 e. The Morgan fingerprint density at radius 1 is 1.32 bits per heavy atom. The second kappa shape index (κ2) is 6.63. The zero-order valence-corrected chi connectivity index (χ0v) is 15.0. The molecule has 1 aromatic carbocycles. The van der Waals surface area contributed by atoms with E-state index in [4.69, 9.17) is 0 Å². The number of benzene rings is 1. The van der Waals surface area contributed by atoms with E-state index in [1.807, 2.05) is 25.8 Å². The minimum atomic E-state index is -0.359. The molecule has 7 heteroatoms. The van der Waals surface area contributed by atoms with Gasteiger partial charge < -0.3 is 15.1 Å². The summed E-state index contributed by atoms with van der Waals surface area (Å²) in [7, 11) is 1.92. The third kappa shape index (κ3) is 3.46. The lowest BCUT2D eigenvalue weighted by Crippen LogP contribution is -2.64. The van der Waals surface area contributed by atoms with Crippen molar-refractivity contribution >= 4 is 17.6 Å². The van der Waals surface area contributed by atoms with Crippen LogP contribution in [0.5, 0.6) is 0 Å². The summed E-state index contributed by atoms with van der Waals surface area (Å²) in [6.07, 6.45) is 0.786. The summed E-state index contributed by atoms with van der Waals surface area (Å²) in [5, 5.41) is 2.92. The number of halogens is 1. The zero-order valence-electron chi connectivity index (χ0n) is 15.0. The third-order valence-corrected chi connectivity index (χ3v) is 5.09. The Balaban J connectivity index is 1.79. The van der Waals surface area contributed by atoms with Crippen LogP contribution >= 0.6 is 0 Å². The van der Waals surface area contributed by atoms with E-state index in [2.05, 4.69) is 5.32 Å². The number of likely N-dealkylation sites (tertiary alicyclic amines) is 1. The van der Waals surface area contributed by atoms with Gasteiger partial charge in [-0.25, -0.2) is 9.18 Å². The quantitative estimate of drug-likeness (QED) is 0.885. The van der Waals surface area contributed by atoms with E-state index in [-0.39, 0.29) is 35.9 Å². The van der Waals surface area contributed by atoms with E-state index in [1.54, 1.807) is 21.9 Å². The Kier molecular flexibility index (Phi) is 4.69. The van der Waals surface area contributed by atoms with Gasteiger partial charge in [0.2, 0.25) is 5.91 Å². The number of hydrogen-bond donors (Lipinski definition) is 1. The molecule has 3 rings (SSSR count). The monoisotopic (exact) mass is 348 g/mol. The average Bonchev–Trinajstić information content (AvgIpc) is 2.96. The van der Waals surface area contributed by atoms with Crippen molar-refractivity contribution in [1.82, 2.24) is 15.1 Å². The molecule has 0 aromatic heterocycles. The van der Waals surface area contributed by atoms with Crippen molar-refractivity contribution < 1.29 is 14.0 Å². The Labute approximate surface area is 147 Å². The van der Waals surface area contributed by atoms with E-state index >= 15 is 0 Å². The second-order valence-corrected chi connectivity index (χ2v) is 7.32. The van der Waals surface area contributed by atoms with Crippen LogP contribution in [0.4, 0.5) is 14.9 Å². The fraction of sp³-hybridized carbons (Fsp3) is 0.556. The fourth-order valence-electron chi connectivity index (χ4n) is 3.65. The minimum absolute atomic E-state index is 0.0520. The van der Waals surface area contributed by atoms with Crippen molar-refractivity contribution in [3.05, 3.63) is 30.1 Å². The average molecular weight is 348 g/mol. The highest BCUT2D eigenvalue weighted by atomic mass is 19.1. The molecule has 136 valence electrons. The summed E-state index contributed by atoms with van der Waals surface area (Å²) in [6, 6.07) is 6.12. The van der Waals surface area contributed by atoms with Gasteiger partial charge in [-0.15, -0.1) is 0 Å². The van der Waals surface area contributed by atoms with Gasteiger partial charge in [0, 0.05) is 31.4 Å². The second-order valence-electron chi connectivity index (χ2n) is 7.32. The molecule has 2 saturated heterocycles. The minimum Gasteiger partial charge on any atom is -0.336 e. The van der Waals surface area contributed by atoms with Crippen LogP contribution in [-0.4, -0.2) is 66.5 Å². The van der Waals surface area contributed by atoms with Crippen LogP contribution in [-0.2, 0) is 4.79 Å². The van der Waals surface area contributed by atoms with Crippen LogP contribution in [0.2, 0.25) is 0 Å². The summed E-state index contributed by atoms with van der Waals surface area (Å²) in [5.74, 6) is -0.411. The van der Waals surface area contributed by atoms with Crippen LogP contribution in [0.3, 0.4) is 0 Å². The Bertz CT molecular complexity index is 681. The topological polar surface area (TPSA) is 55.9 Å². The fourth-order valence-corrected chi connectivity index (χ4v) is 3.65. The molecule has 2 aliphatic heterocycles. The highest BCUT2D eigenvalue weighted by molar-refractivity contribution is 5.96. The highest BCUT2D eigenvalue weighted by Crippen LogP contribution is 2.33. The van der Waals surface area contributed by atoms with Crippen LogP contribution in [0.15, 0.2) is 24.3 Å². The number of piperazine rings is 1. The van der Waals surface area contributed by atoms with E-state index < -0.39 is 0 Å². The van der Waals surface area contributed by atoms with E-state index in [0.717, 1.165) is 6.42 Å². The lowest BCUT2D eigenvalue weighted by Gasteiger charge is -2.46. The van der Waals surface area contributed by atoms with Crippen LogP contribution < -0.4 is 10.2 Å². The van der Waals surface area contributed by atoms with Gasteiger partial charge in [0.15, 0.2) is 0 Å². The van der Waals surface area contributed by atoms with Crippen molar-refractivity contribution in [2.75, 3.05) is 38.1 Å². The number of nitrogens with zero attached hydrogens (tertiary/aromatic N) is 3. The summed E-state index contributed by atoms with van der Waals surface area (Å²) < 4.78 is 13.6. The lowest BCUT2D eigenvalue weighted by molar-refractivity contribution is -0.123. The molecule has 25 heavy (non-hydrogen) atoms. The van der Waals surface area contributed by atoms with Gasteiger partial charge in [0.05, 0.1) is 12.1 Å². The van der Waals surface area contributed by atoms with Gasteiger partial charge in [0.25, 0.3) is 0 Å². The number of amides is 3. The van der Waals surface area contributed by atoms with Gasteiger partial charge in [-0.1, -0.05) is 6.07 Å². The maximum absolute atomic E-state index is 13.6. The number of urea groups is 1. The number of nitrogens with one attached hydrogen (secondary N) is 1. The Morgan fingerprint density at radius 2 is 2.08 bits per heavy atom. The first-order valence-corrected chi connectivity index (χ1v) is 8.63. The van der Waals surface area contributed by atoms with Crippen LogP contribution in [0.1, 0.15) is 20.3 Å². The van der Waals surface area contributed by atoms with Crippen LogP contribution in [0.25, 0.3) is 0 Å². The third-order valence-electron chi connectivity index (χ3n) is 5.09. The molecule has 1 spiro atoms. The SMILES string of the molecule is CC(C)NC(=O)N1CCC2(C1)CN(c1cccc(F)c1)C(=O)CN2C. The molecule has 1 unspecified atom stereocenters. The maximum atomic E-state index is 13.6. The molecule has 0 aliphatic carbocycles. The number of rotatable bonds is 2. The molecule has 2 fully saturated rings. The predicted octanol–water partition coefficient (Wildman–Crippen LogP) is 1.67. The molecule has 0 radical (unpaired) electrons. The summed E-state index contributed by atoms with van der Waals surface area (Å²) in [4.78, 5) is 30.3. The van der Waals surface area contributed by atoms with Gasteiger partial charge in [0.1, 0.15) is 5.82 Å². The normalized spacial score (nSPS) is 24.4. The van der Waals surface area contributed by atoms with Crippen molar-refractivity contribution in [2.45, 2.75) is 31.8 Å². The zero-order chi connectivity index (χ0) is 18.2. The molecular weight excluding hydrogens is 323 g/mol. The first kappa shape index (κ1) is 17.7. The molecule has 1 N–H and O–H groups in total. The standard InChI is InChI=1S/C18H25FN4O2/c1-13(2)20-17(25)22-8-7-18(11-22)12-23(16(24)10-21(18)3)15-6-4-5-14(19)9-15/h4-6,9,13H,7-8,10-12H2,1-3H3,(H,20,25). The van der Waals surface area contributed by atoms with Crippen molar-refractivity contribution in [1.29, 1.82) is 0 Å². The molecule has 2 heterocycles. The Hall–Kier alpha value is -2.15. The number of carbonyl (C=O) groups excluding carboxylic acids is 2. The molecule has 0 saturated carbocycles. The smallest absolute Gasteiger partial charge is 0.317 e. The van der Waals surface area contributed by atoms with Gasteiger partial charge in [-0.05, 0) is 45.5 Å². The molecule has 1 aromatic rings. The van der Waals surface area contributed by atoms with Crippen molar-refractivity contribution in [3.8, 4) is 0 Å².